The van der Waals surface area contributed by atoms with Gasteiger partial charge < -0.3 is 19.9 Å². The lowest BCUT2D eigenvalue weighted by atomic mass is 10.1. The minimum absolute atomic E-state index is 0.0245. The third kappa shape index (κ3) is 4.46. The quantitative estimate of drug-likeness (QED) is 0.848. The molecule has 0 spiro atoms. The van der Waals surface area contributed by atoms with Crippen LogP contribution in [-0.2, 0) is 20.7 Å². The molecule has 1 atom stereocenters. The number of nitrogens with zero attached hydrogens (tertiary/aromatic N) is 2. The molecule has 1 heterocycles. The largest absolute Gasteiger partial charge is 0.378 e. The van der Waals surface area contributed by atoms with Gasteiger partial charge in [0, 0.05) is 39.9 Å². The Kier molecular flexibility index (Phi) is 5.38. The van der Waals surface area contributed by atoms with E-state index in [-0.39, 0.29) is 24.5 Å². The van der Waals surface area contributed by atoms with E-state index in [0.29, 0.717) is 19.5 Å². The van der Waals surface area contributed by atoms with Gasteiger partial charge in [0.2, 0.25) is 11.8 Å². The molecule has 120 valence electrons. The van der Waals surface area contributed by atoms with Gasteiger partial charge in [0.05, 0.1) is 12.5 Å². The number of hydrogen-bond acceptors (Lipinski definition) is 4. The Morgan fingerprint density at radius 1 is 1.36 bits per heavy atom. The Hall–Kier alpha value is -2.08. The first-order valence-electron chi connectivity index (χ1n) is 7.34. The molecule has 1 saturated heterocycles. The molecule has 2 rings (SSSR count). The van der Waals surface area contributed by atoms with Crippen LogP contribution in [0, 0.1) is 0 Å². The molecular formula is C16H23N3O3. The molecule has 2 amide bonds. The fourth-order valence-corrected chi connectivity index (χ4v) is 2.27. The number of carbonyl (C=O) groups excluding carboxylic acids is 2. The van der Waals surface area contributed by atoms with Crippen molar-refractivity contribution in [2.45, 2.75) is 12.5 Å². The lowest BCUT2D eigenvalue weighted by molar-refractivity contribution is -0.146. The molecule has 0 unspecified atom stereocenters. The Labute approximate surface area is 131 Å². The highest BCUT2D eigenvalue weighted by Crippen LogP contribution is 2.12. The van der Waals surface area contributed by atoms with Crippen LogP contribution in [0.15, 0.2) is 24.3 Å². The van der Waals surface area contributed by atoms with Crippen LogP contribution in [-0.4, -0.2) is 63.7 Å². The number of amides is 2. The van der Waals surface area contributed by atoms with Crippen LogP contribution in [0.2, 0.25) is 0 Å². The standard InChI is InChI=1S/C16H23N3O3/c1-18(2)13-6-4-12(5-7-13)8-15(20)17-9-14-10-19(3)16(21)11-22-14/h4-7,14H,8-11H2,1-3H3,(H,17,20)/t14-/m1/s1. The van der Waals surface area contributed by atoms with Crippen LogP contribution in [0.4, 0.5) is 5.69 Å². The molecule has 6 heteroatoms. The zero-order valence-corrected chi connectivity index (χ0v) is 13.3. The zero-order chi connectivity index (χ0) is 16.1. The first-order chi connectivity index (χ1) is 10.5. The second kappa shape index (κ2) is 7.26. The number of anilines is 1. The van der Waals surface area contributed by atoms with Crippen molar-refractivity contribution in [3.63, 3.8) is 0 Å². The summed E-state index contributed by atoms with van der Waals surface area (Å²) in [4.78, 5) is 26.9. The number of likely N-dealkylation sites (N-methyl/N-ethyl adjacent to an activating group) is 1. The zero-order valence-electron chi connectivity index (χ0n) is 13.3. The van der Waals surface area contributed by atoms with Crippen LogP contribution in [0.25, 0.3) is 0 Å². The van der Waals surface area contributed by atoms with Gasteiger partial charge in [0.1, 0.15) is 6.61 Å². The number of hydrogen-bond donors (Lipinski definition) is 1. The smallest absolute Gasteiger partial charge is 0.248 e. The molecule has 22 heavy (non-hydrogen) atoms. The van der Waals surface area contributed by atoms with Gasteiger partial charge in [0.25, 0.3) is 0 Å². The second-order valence-electron chi connectivity index (χ2n) is 5.75. The average Bonchev–Trinajstić information content (AvgIpc) is 2.49. The molecule has 0 bridgehead atoms. The van der Waals surface area contributed by atoms with E-state index in [1.54, 1.807) is 11.9 Å². The van der Waals surface area contributed by atoms with Gasteiger partial charge in [-0.2, -0.15) is 0 Å². The van der Waals surface area contributed by atoms with Crippen molar-refractivity contribution >= 4 is 17.5 Å². The third-order valence-corrected chi connectivity index (χ3v) is 3.69. The molecule has 1 N–H and O–H groups in total. The maximum atomic E-state index is 12.0. The fraction of sp³-hybridized carbons (Fsp3) is 0.500. The van der Waals surface area contributed by atoms with Gasteiger partial charge in [-0.15, -0.1) is 0 Å². The maximum Gasteiger partial charge on any atom is 0.248 e. The van der Waals surface area contributed by atoms with Crippen molar-refractivity contribution in [1.82, 2.24) is 10.2 Å². The first-order valence-corrected chi connectivity index (χ1v) is 7.34. The van der Waals surface area contributed by atoms with E-state index in [4.69, 9.17) is 4.74 Å². The Morgan fingerprint density at radius 3 is 2.64 bits per heavy atom. The number of morpholine rings is 1. The van der Waals surface area contributed by atoms with Gasteiger partial charge in [-0.05, 0) is 17.7 Å². The van der Waals surface area contributed by atoms with Crippen molar-refractivity contribution < 1.29 is 14.3 Å². The number of benzene rings is 1. The SMILES string of the molecule is CN1C[C@@H](CNC(=O)Cc2ccc(N(C)C)cc2)OCC1=O. The van der Waals surface area contributed by atoms with E-state index in [2.05, 4.69) is 5.32 Å². The summed E-state index contributed by atoms with van der Waals surface area (Å²) in [6, 6.07) is 7.90. The molecule has 6 nitrogen and oxygen atoms in total. The van der Waals surface area contributed by atoms with Crippen molar-refractivity contribution in [2.24, 2.45) is 0 Å². The summed E-state index contributed by atoms with van der Waals surface area (Å²) < 4.78 is 5.39. The predicted molar refractivity (Wildman–Crippen MR) is 84.9 cm³/mol. The van der Waals surface area contributed by atoms with Crippen molar-refractivity contribution in [1.29, 1.82) is 0 Å². The van der Waals surface area contributed by atoms with Crippen molar-refractivity contribution in [3.05, 3.63) is 29.8 Å². The molecule has 1 aromatic rings. The molecule has 0 aliphatic carbocycles. The highest BCUT2D eigenvalue weighted by Gasteiger charge is 2.23. The van der Waals surface area contributed by atoms with E-state index >= 15 is 0 Å². The molecule has 1 aliphatic rings. The van der Waals surface area contributed by atoms with Gasteiger partial charge in [-0.3, -0.25) is 9.59 Å². The molecule has 0 saturated carbocycles. The molecule has 1 fully saturated rings. The summed E-state index contributed by atoms with van der Waals surface area (Å²) in [7, 11) is 5.70. The lowest BCUT2D eigenvalue weighted by Crippen LogP contribution is -2.48. The summed E-state index contributed by atoms with van der Waals surface area (Å²) in [5.74, 6) is -0.0654. The van der Waals surface area contributed by atoms with E-state index in [0.717, 1.165) is 11.3 Å². The van der Waals surface area contributed by atoms with E-state index in [9.17, 15) is 9.59 Å². The molecule has 0 radical (unpaired) electrons. The molecule has 1 aromatic carbocycles. The van der Waals surface area contributed by atoms with E-state index in [1.165, 1.54) is 0 Å². The van der Waals surface area contributed by atoms with Crippen LogP contribution < -0.4 is 10.2 Å². The number of rotatable bonds is 5. The fourth-order valence-electron chi connectivity index (χ4n) is 2.27. The topological polar surface area (TPSA) is 61.9 Å². The van der Waals surface area contributed by atoms with Crippen LogP contribution in [0.5, 0.6) is 0 Å². The van der Waals surface area contributed by atoms with Crippen molar-refractivity contribution in [2.75, 3.05) is 45.7 Å². The average molecular weight is 305 g/mol. The summed E-state index contributed by atoms with van der Waals surface area (Å²) in [6.07, 6.45) is 0.206. The molecule has 0 aromatic heterocycles. The Balaban J connectivity index is 1.77. The first kappa shape index (κ1) is 16.3. The minimum Gasteiger partial charge on any atom is -0.378 e. The molecular weight excluding hydrogens is 282 g/mol. The maximum absolute atomic E-state index is 12.0. The third-order valence-electron chi connectivity index (χ3n) is 3.69. The van der Waals surface area contributed by atoms with Gasteiger partial charge >= 0.3 is 0 Å². The summed E-state index contributed by atoms with van der Waals surface area (Å²) >= 11 is 0. The molecule has 1 aliphatic heterocycles. The van der Waals surface area contributed by atoms with E-state index in [1.807, 2.05) is 43.3 Å². The van der Waals surface area contributed by atoms with E-state index < -0.39 is 0 Å². The summed E-state index contributed by atoms with van der Waals surface area (Å²) in [6.45, 7) is 1.02. The highest BCUT2D eigenvalue weighted by molar-refractivity contribution is 5.79. The second-order valence-corrected chi connectivity index (χ2v) is 5.75. The number of nitrogens with one attached hydrogen (secondary N) is 1. The lowest BCUT2D eigenvalue weighted by Gasteiger charge is -2.29. The number of carbonyl (C=O) groups is 2. The van der Waals surface area contributed by atoms with Crippen LogP contribution in [0.1, 0.15) is 5.56 Å². The van der Waals surface area contributed by atoms with Gasteiger partial charge in [-0.25, -0.2) is 0 Å². The monoisotopic (exact) mass is 305 g/mol. The van der Waals surface area contributed by atoms with Crippen LogP contribution in [0.3, 0.4) is 0 Å². The predicted octanol–water partition coefficient (Wildman–Crippen LogP) is 0.269. The normalized spacial score (nSPS) is 18.2. The Bertz CT molecular complexity index is 528. The minimum atomic E-state index is -0.136. The van der Waals surface area contributed by atoms with Crippen LogP contribution >= 0.6 is 0 Å². The highest BCUT2D eigenvalue weighted by atomic mass is 16.5. The number of ether oxygens (including phenoxy) is 1. The van der Waals surface area contributed by atoms with Gasteiger partial charge in [-0.1, -0.05) is 12.1 Å². The summed E-state index contributed by atoms with van der Waals surface area (Å²) in [5, 5.41) is 2.86. The Morgan fingerprint density at radius 2 is 2.05 bits per heavy atom. The van der Waals surface area contributed by atoms with Gasteiger partial charge in [0.15, 0.2) is 0 Å². The van der Waals surface area contributed by atoms with Crippen molar-refractivity contribution in [3.8, 4) is 0 Å². The summed E-state index contributed by atoms with van der Waals surface area (Å²) in [5.41, 5.74) is 2.08.